The second-order valence-corrected chi connectivity index (χ2v) is 5.21. The van der Waals surface area contributed by atoms with Gasteiger partial charge < -0.3 is 14.9 Å². The van der Waals surface area contributed by atoms with Crippen molar-refractivity contribution in [2.75, 3.05) is 26.2 Å². The number of piperidine rings is 1. The summed E-state index contributed by atoms with van der Waals surface area (Å²) in [5.74, 6) is 0. The van der Waals surface area contributed by atoms with Crippen LogP contribution in [0, 0.1) is 0 Å². The molecule has 4 heteroatoms. The van der Waals surface area contributed by atoms with E-state index in [9.17, 15) is 10.2 Å². The first-order chi connectivity index (χ1) is 9.24. The fraction of sp³-hybridized carbons (Fsp3) is 0.600. The van der Waals surface area contributed by atoms with Crippen molar-refractivity contribution in [3.05, 3.63) is 35.9 Å². The van der Waals surface area contributed by atoms with E-state index < -0.39 is 6.10 Å². The Labute approximate surface area is 114 Å². The molecule has 1 fully saturated rings. The predicted octanol–water partition coefficient (Wildman–Crippen LogP) is 1.02. The van der Waals surface area contributed by atoms with Gasteiger partial charge in [0.05, 0.1) is 25.4 Å². The number of hydrogen-bond acceptors (Lipinski definition) is 4. The highest BCUT2D eigenvalue weighted by molar-refractivity contribution is 5.13. The molecule has 1 heterocycles. The molecule has 2 rings (SSSR count). The minimum Gasteiger partial charge on any atom is -0.392 e. The fourth-order valence-electron chi connectivity index (χ4n) is 2.43. The molecular formula is C15H23NO3. The SMILES string of the molecule is OC1CCCN(C[C@@H](O)COCc2ccccc2)C1. The Balaban J connectivity index is 1.63. The lowest BCUT2D eigenvalue weighted by molar-refractivity contribution is -0.00734. The highest BCUT2D eigenvalue weighted by atomic mass is 16.5. The third kappa shape index (κ3) is 5.28. The maximum absolute atomic E-state index is 9.92. The number of ether oxygens (including phenoxy) is 1. The maximum atomic E-state index is 9.92. The predicted molar refractivity (Wildman–Crippen MR) is 73.8 cm³/mol. The number of benzene rings is 1. The standard InChI is InChI=1S/C15H23NO3/c17-14-7-4-8-16(9-14)10-15(18)12-19-11-13-5-2-1-3-6-13/h1-3,5-6,14-15,17-18H,4,7-12H2/t14?,15-/m1/s1. The van der Waals surface area contributed by atoms with Crippen molar-refractivity contribution >= 4 is 0 Å². The Hall–Kier alpha value is -0.940. The van der Waals surface area contributed by atoms with Crippen LogP contribution in [0.1, 0.15) is 18.4 Å². The van der Waals surface area contributed by atoms with E-state index in [2.05, 4.69) is 4.90 Å². The minimum absolute atomic E-state index is 0.244. The Morgan fingerprint density at radius 1 is 1.32 bits per heavy atom. The van der Waals surface area contributed by atoms with E-state index in [1.54, 1.807) is 0 Å². The number of aliphatic hydroxyl groups excluding tert-OH is 2. The van der Waals surface area contributed by atoms with Gasteiger partial charge in [-0.3, -0.25) is 4.90 Å². The maximum Gasteiger partial charge on any atom is 0.0900 e. The molecular weight excluding hydrogens is 242 g/mol. The summed E-state index contributed by atoms with van der Waals surface area (Å²) in [5, 5.41) is 19.5. The molecule has 0 aromatic heterocycles. The van der Waals surface area contributed by atoms with E-state index >= 15 is 0 Å². The largest absolute Gasteiger partial charge is 0.392 e. The summed E-state index contributed by atoms with van der Waals surface area (Å²) in [6.45, 7) is 3.05. The molecule has 0 spiro atoms. The average Bonchev–Trinajstić information content (AvgIpc) is 2.40. The normalized spacial score (nSPS) is 22.3. The lowest BCUT2D eigenvalue weighted by Crippen LogP contribution is -2.43. The second-order valence-electron chi connectivity index (χ2n) is 5.21. The van der Waals surface area contributed by atoms with Crippen LogP contribution in [0.3, 0.4) is 0 Å². The molecule has 1 aliphatic rings. The van der Waals surface area contributed by atoms with Crippen LogP contribution in [-0.4, -0.2) is 53.6 Å². The van der Waals surface area contributed by atoms with Gasteiger partial charge in [-0.25, -0.2) is 0 Å². The van der Waals surface area contributed by atoms with Crippen LogP contribution in [0.5, 0.6) is 0 Å². The van der Waals surface area contributed by atoms with Gasteiger partial charge >= 0.3 is 0 Å². The molecule has 2 atom stereocenters. The van der Waals surface area contributed by atoms with Crippen molar-refractivity contribution in [1.29, 1.82) is 0 Å². The molecule has 19 heavy (non-hydrogen) atoms. The monoisotopic (exact) mass is 265 g/mol. The zero-order valence-corrected chi connectivity index (χ0v) is 11.2. The second kappa shape index (κ2) is 7.60. The third-order valence-electron chi connectivity index (χ3n) is 3.37. The van der Waals surface area contributed by atoms with E-state index in [4.69, 9.17) is 4.74 Å². The van der Waals surface area contributed by atoms with Crippen LogP contribution < -0.4 is 0 Å². The topological polar surface area (TPSA) is 52.9 Å². The highest BCUT2D eigenvalue weighted by Gasteiger charge is 2.19. The van der Waals surface area contributed by atoms with Gasteiger partial charge in [-0.15, -0.1) is 0 Å². The van der Waals surface area contributed by atoms with E-state index in [1.807, 2.05) is 30.3 Å². The van der Waals surface area contributed by atoms with Crippen LogP contribution >= 0.6 is 0 Å². The smallest absolute Gasteiger partial charge is 0.0900 e. The first-order valence-corrected chi connectivity index (χ1v) is 6.94. The van der Waals surface area contributed by atoms with Gasteiger partial charge in [0.1, 0.15) is 0 Å². The van der Waals surface area contributed by atoms with E-state index in [0.717, 1.165) is 24.9 Å². The molecule has 0 aliphatic carbocycles. The highest BCUT2D eigenvalue weighted by Crippen LogP contribution is 2.10. The zero-order valence-electron chi connectivity index (χ0n) is 11.2. The van der Waals surface area contributed by atoms with Crippen LogP contribution in [-0.2, 0) is 11.3 Å². The molecule has 1 aliphatic heterocycles. The van der Waals surface area contributed by atoms with Gasteiger partial charge in [0.2, 0.25) is 0 Å². The van der Waals surface area contributed by atoms with Crippen LogP contribution in [0.4, 0.5) is 0 Å². The van der Waals surface area contributed by atoms with Gasteiger partial charge in [0, 0.05) is 13.1 Å². The number of likely N-dealkylation sites (tertiary alicyclic amines) is 1. The molecule has 0 amide bonds. The number of aliphatic hydroxyl groups is 2. The van der Waals surface area contributed by atoms with E-state index in [0.29, 0.717) is 26.3 Å². The molecule has 1 aromatic carbocycles. The zero-order chi connectivity index (χ0) is 13.5. The van der Waals surface area contributed by atoms with Crippen molar-refractivity contribution in [1.82, 2.24) is 4.90 Å². The first-order valence-electron chi connectivity index (χ1n) is 6.94. The van der Waals surface area contributed by atoms with Gasteiger partial charge in [0.15, 0.2) is 0 Å². The quantitative estimate of drug-likeness (QED) is 0.806. The molecule has 2 N–H and O–H groups in total. The van der Waals surface area contributed by atoms with Crippen LogP contribution in [0.25, 0.3) is 0 Å². The van der Waals surface area contributed by atoms with Gasteiger partial charge in [-0.05, 0) is 24.9 Å². The molecule has 1 aromatic rings. The Bertz CT molecular complexity index is 358. The summed E-state index contributed by atoms with van der Waals surface area (Å²) in [6, 6.07) is 9.94. The van der Waals surface area contributed by atoms with Gasteiger partial charge in [-0.2, -0.15) is 0 Å². The van der Waals surface area contributed by atoms with Gasteiger partial charge in [-0.1, -0.05) is 30.3 Å². The summed E-state index contributed by atoms with van der Waals surface area (Å²) in [5.41, 5.74) is 1.11. The number of hydrogen-bond donors (Lipinski definition) is 2. The van der Waals surface area contributed by atoms with E-state index in [1.165, 1.54) is 0 Å². The number of nitrogens with zero attached hydrogens (tertiary/aromatic N) is 1. The number of β-amino-alcohol motifs (C(OH)–C–C–N with tert-alkyl or cyclic N) is 2. The fourth-order valence-corrected chi connectivity index (χ4v) is 2.43. The van der Waals surface area contributed by atoms with Crippen molar-refractivity contribution in [3.63, 3.8) is 0 Å². The van der Waals surface area contributed by atoms with Crippen molar-refractivity contribution in [2.45, 2.75) is 31.7 Å². The summed E-state index contributed by atoms with van der Waals surface area (Å²) in [7, 11) is 0. The summed E-state index contributed by atoms with van der Waals surface area (Å²) in [6.07, 6.45) is 1.13. The number of rotatable bonds is 6. The Kier molecular flexibility index (Phi) is 5.79. The van der Waals surface area contributed by atoms with Crippen LogP contribution in [0.15, 0.2) is 30.3 Å². The summed E-state index contributed by atoms with van der Waals surface area (Å²) >= 11 is 0. The lowest BCUT2D eigenvalue weighted by Gasteiger charge is -2.31. The average molecular weight is 265 g/mol. The van der Waals surface area contributed by atoms with Crippen LogP contribution in [0.2, 0.25) is 0 Å². The van der Waals surface area contributed by atoms with E-state index in [-0.39, 0.29) is 6.10 Å². The Morgan fingerprint density at radius 3 is 2.84 bits per heavy atom. The summed E-state index contributed by atoms with van der Waals surface area (Å²) < 4.78 is 5.51. The minimum atomic E-state index is -0.492. The van der Waals surface area contributed by atoms with Crippen molar-refractivity contribution < 1.29 is 14.9 Å². The molecule has 1 unspecified atom stereocenters. The molecule has 0 radical (unpaired) electrons. The van der Waals surface area contributed by atoms with Crippen molar-refractivity contribution in [3.8, 4) is 0 Å². The van der Waals surface area contributed by atoms with Gasteiger partial charge in [0.25, 0.3) is 0 Å². The molecule has 1 saturated heterocycles. The first kappa shape index (κ1) is 14.5. The lowest BCUT2D eigenvalue weighted by atomic mass is 10.1. The van der Waals surface area contributed by atoms with Crippen molar-refractivity contribution in [2.24, 2.45) is 0 Å². The molecule has 0 bridgehead atoms. The Morgan fingerprint density at radius 2 is 2.11 bits per heavy atom. The summed E-state index contributed by atoms with van der Waals surface area (Å²) in [4.78, 5) is 2.10. The molecule has 106 valence electrons. The molecule has 4 nitrogen and oxygen atoms in total. The third-order valence-corrected chi connectivity index (χ3v) is 3.37. The molecule has 0 saturated carbocycles.